The van der Waals surface area contributed by atoms with Crippen LogP contribution in [0.2, 0.25) is 0 Å². The van der Waals surface area contributed by atoms with Crippen LogP contribution in [0.5, 0.6) is 0 Å². The van der Waals surface area contributed by atoms with E-state index in [1.807, 2.05) is 6.07 Å². The molecule has 0 saturated heterocycles. The second-order valence-corrected chi connectivity index (χ2v) is 9.76. The predicted octanol–water partition coefficient (Wildman–Crippen LogP) is 3.55. The molecule has 0 bridgehead atoms. The number of aryl methyl sites for hydroxylation is 1. The van der Waals surface area contributed by atoms with Gasteiger partial charge in [-0.2, -0.15) is 12.7 Å². The van der Waals surface area contributed by atoms with Crippen molar-refractivity contribution in [3.8, 4) is 11.3 Å². The van der Waals surface area contributed by atoms with Gasteiger partial charge in [0.1, 0.15) is 17.2 Å². The lowest BCUT2D eigenvalue weighted by molar-refractivity contribution is 0.0964. The van der Waals surface area contributed by atoms with E-state index in [9.17, 15) is 17.6 Å². The van der Waals surface area contributed by atoms with Crippen LogP contribution in [0.25, 0.3) is 22.3 Å². The van der Waals surface area contributed by atoms with Gasteiger partial charge in [0.25, 0.3) is 5.91 Å². The summed E-state index contributed by atoms with van der Waals surface area (Å²) in [6.07, 6.45) is 2.25. The smallest absolute Gasteiger partial charge is 0.303 e. The average Bonchev–Trinajstić information content (AvgIpc) is 2.97. The molecular formula is C22H24FN3O4S. The van der Waals surface area contributed by atoms with Gasteiger partial charge in [-0.15, -0.1) is 0 Å². The molecule has 3 aromatic rings. The summed E-state index contributed by atoms with van der Waals surface area (Å²) in [6, 6.07) is 9.24. The number of amides is 1. The van der Waals surface area contributed by atoms with Gasteiger partial charge in [0, 0.05) is 44.7 Å². The van der Waals surface area contributed by atoms with Gasteiger partial charge in [-0.05, 0) is 55.2 Å². The zero-order chi connectivity index (χ0) is 22.3. The summed E-state index contributed by atoms with van der Waals surface area (Å²) in [5, 5.41) is 3.23. The van der Waals surface area contributed by atoms with Crippen LogP contribution < -0.4 is 9.62 Å². The molecule has 0 aliphatic carbocycles. The summed E-state index contributed by atoms with van der Waals surface area (Å²) < 4.78 is 47.9. The van der Waals surface area contributed by atoms with Crippen molar-refractivity contribution in [3.05, 3.63) is 53.3 Å². The summed E-state index contributed by atoms with van der Waals surface area (Å²) in [4.78, 5) is 12.7. The van der Waals surface area contributed by atoms with Crippen LogP contribution in [0.15, 0.2) is 40.8 Å². The molecule has 1 aliphatic heterocycles. The van der Waals surface area contributed by atoms with Crippen LogP contribution in [0.4, 0.5) is 10.1 Å². The lowest BCUT2D eigenvalue weighted by atomic mass is 10.0. The van der Waals surface area contributed by atoms with Crippen molar-refractivity contribution in [3.63, 3.8) is 0 Å². The van der Waals surface area contributed by atoms with Crippen molar-refractivity contribution in [2.24, 2.45) is 0 Å². The van der Waals surface area contributed by atoms with Crippen molar-refractivity contribution in [2.45, 2.75) is 19.3 Å². The van der Waals surface area contributed by atoms with E-state index < -0.39 is 16.0 Å². The van der Waals surface area contributed by atoms with Gasteiger partial charge in [-0.1, -0.05) is 0 Å². The maximum atomic E-state index is 13.4. The SMILES string of the molecule is CNC(=O)c1c(-c2ccc(F)cc2)oc2cc3c(cc12)CCCCN3S(=O)(=O)N(C)C. The lowest BCUT2D eigenvalue weighted by Gasteiger charge is -2.27. The summed E-state index contributed by atoms with van der Waals surface area (Å²) in [6.45, 7) is 0.368. The molecule has 0 unspecified atom stereocenters. The van der Waals surface area contributed by atoms with E-state index in [4.69, 9.17) is 4.42 Å². The van der Waals surface area contributed by atoms with Gasteiger partial charge in [0.15, 0.2) is 0 Å². The molecule has 164 valence electrons. The van der Waals surface area contributed by atoms with E-state index in [0.717, 1.165) is 18.4 Å². The normalized spacial score (nSPS) is 14.5. The highest BCUT2D eigenvalue weighted by atomic mass is 32.2. The highest BCUT2D eigenvalue weighted by molar-refractivity contribution is 7.90. The third-order valence-corrected chi connectivity index (χ3v) is 7.37. The molecule has 0 atom stereocenters. The number of hydrogen-bond donors (Lipinski definition) is 1. The Morgan fingerprint density at radius 3 is 2.52 bits per heavy atom. The van der Waals surface area contributed by atoms with Gasteiger partial charge >= 0.3 is 10.2 Å². The van der Waals surface area contributed by atoms with Crippen molar-refractivity contribution >= 4 is 32.8 Å². The molecule has 7 nitrogen and oxygen atoms in total. The highest BCUT2D eigenvalue weighted by Crippen LogP contribution is 2.39. The first-order chi connectivity index (χ1) is 14.7. The number of carbonyl (C=O) groups is 1. The molecule has 4 rings (SSSR count). The number of nitrogens with zero attached hydrogens (tertiary/aromatic N) is 2. The number of hydrogen-bond acceptors (Lipinski definition) is 4. The number of nitrogens with one attached hydrogen (secondary N) is 1. The predicted molar refractivity (Wildman–Crippen MR) is 118 cm³/mol. The van der Waals surface area contributed by atoms with Crippen molar-refractivity contribution in [2.75, 3.05) is 32.0 Å². The molecule has 31 heavy (non-hydrogen) atoms. The van der Waals surface area contributed by atoms with Gasteiger partial charge in [-0.25, -0.2) is 4.39 Å². The number of rotatable bonds is 4. The van der Waals surface area contributed by atoms with Crippen molar-refractivity contribution < 1.29 is 22.0 Å². The molecule has 0 radical (unpaired) electrons. The molecule has 0 saturated carbocycles. The minimum atomic E-state index is -3.68. The third-order valence-electron chi connectivity index (χ3n) is 5.52. The van der Waals surface area contributed by atoms with Crippen molar-refractivity contribution in [1.82, 2.24) is 9.62 Å². The van der Waals surface area contributed by atoms with Crippen LogP contribution in [0, 0.1) is 5.82 Å². The Balaban J connectivity index is 1.98. The van der Waals surface area contributed by atoms with Crippen molar-refractivity contribution in [1.29, 1.82) is 0 Å². The average molecular weight is 446 g/mol. The van der Waals surface area contributed by atoms with Crippen LogP contribution in [-0.2, 0) is 16.6 Å². The first-order valence-corrected chi connectivity index (χ1v) is 11.4. The van der Waals surface area contributed by atoms with Gasteiger partial charge in [-0.3, -0.25) is 9.10 Å². The first kappa shape index (κ1) is 21.3. The second-order valence-electron chi connectivity index (χ2n) is 7.69. The maximum Gasteiger partial charge on any atom is 0.303 e. The molecule has 1 aliphatic rings. The van der Waals surface area contributed by atoms with E-state index in [-0.39, 0.29) is 5.91 Å². The zero-order valence-corrected chi connectivity index (χ0v) is 18.4. The van der Waals surface area contributed by atoms with Crippen LogP contribution >= 0.6 is 0 Å². The van der Waals surface area contributed by atoms with E-state index in [1.54, 1.807) is 18.2 Å². The molecule has 2 heterocycles. The van der Waals surface area contributed by atoms with Gasteiger partial charge in [0.05, 0.1) is 11.3 Å². The summed E-state index contributed by atoms with van der Waals surface area (Å²) in [5.74, 6) is -0.404. The number of fused-ring (bicyclic) bond motifs is 2. The van der Waals surface area contributed by atoms with Gasteiger partial charge < -0.3 is 9.73 Å². The van der Waals surface area contributed by atoms with E-state index >= 15 is 0 Å². The zero-order valence-electron chi connectivity index (χ0n) is 17.6. The largest absolute Gasteiger partial charge is 0.455 e. The Bertz CT molecular complexity index is 1250. The third kappa shape index (κ3) is 3.68. The monoisotopic (exact) mass is 445 g/mol. The molecular weight excluding hydrogens is 421 g/mol. The topological polar surface area (TPSA) is 82.9 Å². The number of furan rings is 1. The second kappa shape index (κ2) is 7.97. The summed E-state index contributed by atoms with van der Waals surface area (Å²) >= 11 is 0. The summed E-state index contributed by atoms with van der Waals surface area (Å²) in [7, 11) is 0.853. The molecule has 0 fully saturated rings. The minimum absolute atomic E-state index is 0.316. The Morgan fingerprint density at radius 2 is 1.87 bits per heavy atom. The first-order valence-electron chi connectivity index (χ1n) is 10.0. The molecule has 1 N–H and O–H groups in total. The molecule has 1 aromatic heterocycles. The Labute approximate surface area is 180 Å². The summed E-state index contributed by atoms with van der Waals surface area (Å²) in [5.41, 5.74) is 2.70. The molecule has 0 spiro atoms. The Hall–Kier alpha value is -2.91. The fraction of sp³-hybridized carbons (Fsp3) is 0.318. The number of carbonyl (C=O) groups excluding carboxylic acids is 1. The maximum absolute atomic E-state index is 13.4. The van der Waals surface area contributed by atoms with E-state index in [2.05, 4.69) is 5.32 Å². The molecule has 9 heteroatoms. The van der Waals surface area contributed by atoms with E-state index in [0.29, 0.717) is 46.5 Å². The van der Waals surface area contributed by atoms with Crippen LogP contribution in [-0.4, -0.2) is 46.3 Å². The fourth-order valence-electron chi connectivity index (χ4n) is 3.89. The molecule has 1 amide bonds. The Morgan fingerprint density at radius 1 is 1.16 bits per heavy atom. The fourth-order valence-corrected chi connectivity index (χ4v) is 5.07. The quantitative estimate of drug-likeness (QED) is 0.666. The van der Waals surface area contributed by atoms with Crippen LogP contribution in [0.1, 0.15) is 28.8 Å². The van der Waals surface area contributed by atoms with E-state index in [1.165, 1.54) is 41.9 Å². The lowest BCUT2D eigenvalue weighted by Crippen LogP contribution is -2.40. The molecule has 2 aromatic carbocycles. The highest BCUT2D eigenvalue weighted by Gasteiger charge is 2.30. The van der Waals surface area contributed by atoms with Crippen LogP contribution in [0.3, 0.4) is 0 Å². The number of benzene rings is 2. The Kier molecular flexibility index (Phi) is 5.49. The number of anilines is 1. The number of halogens is 1. The standard InChI is InChI=1S/C22H24FN3O4S/c1-24-22(27)20-17-12-15-6-4-5-11-26(31(28,29)25(2)3)18(15)13-19(17)30-21(20)14-7-9-16(23)10-8-14/h7-10,12-13H,4-6,11H2,1-3H3,(H,24,27). The minimum Gasteiger partial charge on any atom is -0.455 e. The van der Waals surface area contributed by atoms with Gasteiger partial charge in [0.2, 0.25) is 0 Å².